The minimum atomic E-state index is -0.702. The number of alkyl carbamates (subject to hydrolysis) is 1. The predicted octanol–water partition coefficient (Wildman–Crippen LogP) is 2.32. The fourth-order valence-corrected chi connectivity index (χ4v) is 2.95. The average molecular weight is 339 g/mol. The van der Waals surface area contributed by atoms with E-state index in [1.165, 1.54) is 0 Å². The highest BCUT2D eigenvalue weighted by Gasteiger charge is 2.41. The van der Waals surface area contributed by atoms with Crippen LogP contribution in [0.4, 0.5) is 4.79 Å². The van der Waals surface area contributed by atoms with E-state index in [1.807, 2.05) is 49.4 Å². The first kappa shape index (κ1) is 17.0. The maximum Gasteiger partial charge on any atom is 0.408 e. The Morgan fingerprint density at radius 3 is 2.60 bits per heavy atom. The van der Waals surface area contributed by atoms with Gasteiger partial charge in [-0.15, -0.1) is 0 Å². The Labute approximate surface area is 146 Å². The largest absolute Gasteiger partial charge is 0.439 e. The van der Waals surface area contributed by atoms with Crippen molar-refractivity contribution in [3.63, 3.8) is 0 Å². The number of aromatic nitrogens is 1. The van der Waals surface area contributed by atoms with Gasteiger partial charge in [0, 0.05) is 25.5 Å². The second kappa shape index (κ2) is 7.79. The molecule has 25 heavy (non-hydrogen) atoms. The molecule has 2 heterocycles. The number of pyridine rings is 1. The number of likely N-dealkylation sites (N-methyl/N-ethyl adjacent to an activating group) is 1. The molecule has 1 N–H and O–H groups in total. The molecule has 1 fully saturated rings. The van der Waals surface area contributed by atoms with Gasteiger partial charge < -0.3 is 15.0 Å². The summed E-state index contributed by atoms with van der Waals surface area (Å²) < 4.78 is 5.33. The van der Waals surface area contributed by atoms with Gasteiger partial charge in [0.05, 0.1) is 0 Å². The smallest absolute Gasteiger partial charge is 0.408 e. The Morgan fingerprint density at radius 2 is 1.92 bits per heavy atom. The van der Waals surface area contributed by atoms with Gasteiger partial charge in [0.2, 0.25) is 5.91 Å². The normalized spacial score (nSPS) is 19.2. The lowest BCUT2D eigenvalue weighted by molar-refractivity contribution is -0.134. The summed E-state index contributed by atoms with van der Waals surface area (Å²) >= 11 is 0. The van der Waals surface area contributed by atoms with E-state index >= 15 is 0 Å². The number of benzene rings is 1. The standard InChI is InChI=1S/C19H21N3O3/c1-2-22(13-10-14-8-11-20-12-9-14)18(23)16-17(25-19(24)21-16)15-6-4-3-5-7-15/h3-9,11-12,16-17H,2,10,13H2,1H3,(H,21,24). The third-order valence-electron chi connectivity index (χ3n) is 4.32. The molecule has 1 aromatic heterocycles. The molecule has 1 aromatic carbocycles. The van der Waals surface area contributed by atoms with Crippen molar-refractivity contribution in [2.75, 3.05) is 13.1 Å². The summed E-state index contributed by atoms with van der Waals surface area (Å²) in [4.78, 5) is 30.4. The molecule has 6 heteroatoms. The van der Waals surface area contributed by atoms with Gasteiger partial charge in [-0.2, -0.15) is 0 Å². The highest BCUT2D eigenvalue weighted by molar-refractivity contribution is 5.89. The summed E-state index contributed by atoms with van der Waals surface area (Å²) in [7, 11) is 0. The summed E-state index contributed by atoms with van der Waals surface area (Å²) in [6.45, 7) is 3.07. The van der Waals surface area contributed by atoms with Crippen molar-refractivity contribution in [3.8, 4) is 0 Å². The molecule has 2 aromatic rings. The van der Waals surface area contributed by atoms with Crippen molar-refractivity contribution in [1.82, 2.24) is 15.2 Å². The Hall–Kier alpha value is -2.89. The van der Waals surface area contributed by atoms with Crippen LogP contribution in [0.15, 0.2) is 54.9 Å². The maximum absolute atomic E-state index is 12.9. The van der Waals surface area contributed by atoms with Crippen molar-refractivity contribution in [1.29, 1.82) is 0 Å². The molecule has 3 rings (SSSR count). The van der Waals surface area contributed by atoms with Crippen LogP contribution in [0.5, 0.6) is 0 Å². The van der Waals surface area contributed by atoms with Gasteiger partial charge in [-0.3, -0.25) is 9.78 Å². The zero-order valence-corrected chi connectivity index (χ0v) is 14.1. The molecule has 0 aliphatic carbocycles. The number of cyclic esters (lactones) is 1. The summed E-state index contributed by atoms with van der Waals surface area (Å²) in [5.41, 5.74) is 1.93. The van der Waals surface area contributed by atoms with Crippen molar-refractivity contribution in [3.05, 3.63) is 66.0 Å². The molecule has 2 atom stereocenters. The average Bonchev–Trinajstić information content (AvgIpc) is 3.05. The van der Waals surface area contributed by atoms with Gasteiger partial charge in [-0.05, 0) is 36.6 Å². The number of rotatable bonds is 6. The Balaban J connectivity index is 1.71. The third-order valence-corrected chi connectivity index (χ3v) is 4.32. The molecule has 6 nitrogen and oxygen atoms in total. The predicted molar refractivity (Wildman–Crippen MR) is 92.8 cm³/mol. The number of ether oxygens (including phenoxy) is 1. The topological polar surface area (TPSA) is 71.5 Å². The van der Waals surface area contributed by atoms with Gasteiger partial charge in [0.15, 0.2) is 12.1 Å². The minimum absolute atomic E-state index is 0.128. The Kier molecular flexibility index (Phi) is 5.28. The molecule has 0 spiro atoms. The summed E-state index contributed by atoms with van der Waals surface area (Å²) in [6.07, 6.45) is 3.06. The number of hydrogen-bond acceptors (Lipinski definition) is 4. The van der Waals surface area contributed by atoms with Crippen LogP contribution >= 0.6 is 0 Å². The van der Waals surface area contributed by atoms with Crippen LogP contribution in [0.2, 0.25) is 0 Å². The fourth-order valence-electron chi connectivity index (χ4n) is 2.95. The fraction of sp³-hybridized carbons (Fsp3) is 0.316. The number of hydrogen-bond donors (Lipinski definition) is 1. The lowest BCUT2D eigenvalue weighted by Crippen LogP contribution is -2.47. The minimum Gasteiger partial charge on any atom is -0.439 e. The van der Waals surface area contributed by atoms with Gasteiger partial charge >= 0.3 is 6.09 Å². The Morgan fingerprint density at radius 1 is 1.20 bits per heavy atom. The second-order valence-electron chi connectivity index (χ2n) is 5.88. The van der Waals surface area contributed by atoms with Gasteiger partial charge in [-0.25, -0.2) is 4.79 Å². The van der Waals surface area contributed by atoms with Gasteiger partial charge in [0.25, 0.3) is 0 Å². The van der Waals surface area contributed by atoms with Crippen LogP contribution in [0, 0.1) is 0 Å². The highest BCUT2D eigenvalue weighted by atomic mass is 16.6. The third kappa shape index (κ3) is 3.96. The van der Waals surface area contributed by atoms with E-state index in [0.29, 0.717) is 13.1 Å². The molecule has 2 amide bonds. The van der Waals surface area contributed by atoms with E-state index in [9.17, 15) is 9.59 Å². The summed E-state index contributed by atoms with van der Waals surface area (Å²) in [6, 6.07) is 12.5. The Bertz CT molecular complexity index is 721. The number of nitrogens with zero attached hydrogens (tertiary/aromatic N) is 2. The molecule has 1 saturated heterocycles. The first-order valence-electron chi connectivity index (χ1n) is 8.39. The highest BCUT2D eigenvalue weighted by Crippen LogP contribution is 2.27. The van der Waals surface area contributed by atoms with E-state index in [-0.39, 0.29) is 5.91 Å². The number of nitrogens with one attached hydrogen (secondary N) is 1. The van der Waals surface area contributed by atoms with Crippen LogP contribution < -0.4 is 5.32 Å². The molecule has 1 aliphatic heterocycles. The maximum atomic E-state index is 12.9. The second-order valence-corrected chi connectivity index (χ2v) is 5.88. The summed E-state index contributed by atoms with van der Waals surface area (Å²) in [5, 5.41) is 2.65. The van der Waals surface area contributed by atoms with Gasteiger partial charge in [0.1, 0.15) is 0 Å². The molecular weight excluding hydrogens is 318 g/mol. The summed E-state index contributed by atoms with van der Waals surface area (Å²) in [5.74, 6) is -0.128. The lowest BCUT2D eigenvalue weighted by atomic mass is 10.0. The molecule has 0 bridgehead atoms. The van der Waals surface area contributed by atoms with Crippen LogP contribution in [0.1, 0.15) is 24.2 Å². The molecule has 130 valence electrons. The van der Waals surface area contributed by atoms with Crippen molar-refractivity contribution < 1.29 is 14.3 Å². The molecule has 0 saturated carbocycles. The van der Waals surface area contributed by atoms with Crippen LogP contribution in [0.25, 0.3) is 0 Å². The van der Waals surface area contributed by atoms with Crippen LogP contribution in [0.3, 0.4) is 0 Å². The lowest BCUT2D eigenvalue weighted by Gasteiger charge is -2.26. The molecule has 1 aliphatic rings. The SMILES string of the molecule is CCN(CCc1ccncc1)C(=O)C1NC(=O)OC1c1ccccc1. The molecule has 0 radical (unpaired) electrons. The number of carbonyl (C=O) groups is 2. The number of carbonyl (C=O) groups excluding carboxylic acids is 2. The number of amides is 2. The quantitative estimate of drug-likeness (QED) is 0.877. The van der Waals surface area contributed by atoms with Gasteiger partial charge in [-0.1, -0.05) is 30.3 Å². The molecular formula is C19H21N3O3. The van der Waals surface area contributed by atoms with Crippen molar-refractivity contribution in [2.45, 2.75) is 25.5 Å². The first-order chi connectivity index (χ1) is 12.2. The van der Waals surface area contributed by atoms with Crippen molar-refractivity contribution >= 4 is 12.0 Å². The molecule has 2 unspecified atom stereocenters. The first-order valence-corrected chi connectivity index (χ1v) is 8.39. The van der Waals surface area contributed by atoms with E-state index in [0.717, 1.165) is 17.5 Å². The van der Waals surface area contributed by atoms with E-state index in [2.05, 4.69) is 10.3 Å². The van der Waals surface area contributed by atoms with E-state index in [1.54, 1.807) is 17.3 Å². The zero-order valence-electron chi connectivity index (χ0n) is 14.1. The monoisotopic (exact) mass is 339 g/mol. The van der Waals surface area contributed by atoms with Crippen LogP contribution in [-0.2, 0) is 16.0 Å². The van der Waals surface area contributed by atoms with Crippen LogP contribution in [-0.4, -0.2) is 41.0 Å². The van der Waals surface area contributed by atoms with Crippen molar-refractivity contribution in [2.24, 2.45) is 0 Å². The zero-order chi connectivity index (χ0) is 17.6. The van der Waals surface area contributed by atoms with E-state index in [4.69, 9.17) is 4.74 Å². The van der Waals surface area contributed by atoms with E-state index < -0.39 is 18.2 Å².